The van der Waals surface area contributed by atoms with Gasteiger partial charge in [-0.1, -0.05) is 42.5 Å². The smallest absolute Gasteiger partial charge is 0.292 e. The van der Waals surface area contributed by atoms with Gasteiger partial charge in [-0.15, -0.1) is 0 Å². The molecule has 2 aromatic carbocycles. The highest BCUT2D eigenvalue weighted by Crippen LogP contribution is 2.28. The number of nitro groups is 1. The summed E-state index contributed by atoms with van der Waals surface area (Å²) in [7, 11) is 0. The maximum atomic E-state index is 11.2. The van der Waals surface area contributed by atoms with E-state index in [1.807, 2.05) is 18.2 Å². The third-order valence-electron chi connectivity index (χ3n) is 4.35. The minimum atomic E-state index is -0.295. The maximum absolute atomic E-state index is 11.2. The summed E-state index contributed by atoms with van der Waals surface area (Å²) in [5.74, 6) is 0. The molecular formula is C18H21N3O2. The molecule has 120 valence electrons. The topological polar surface area (TPSA) is 49.6 Å². The lowest BCUT2D eigenvalue weighted by Crippen LogP contribution is -2.47. The van der Waals surface area contributed by atoms with Gasteiger partial charge in [0.15, 0.2) is 0 Å². The summed E-state index contributed by atoms with van der Waals surface area (Å²) in [5, 5.41) is 11.2. The summed E-state index contributed by atoms with van der Waals surface area (Å²) in [6, 6.07) is 17.5. The fraction of sp³-hybridized carbons (Fsp3) is 0.333. The van der Waals surface area contributed by atoms with Crippen LogP contribution in [0, 0.1) is 10.1 Å². The van der Waals surface area contributed by atoms with Crippen LogP contribution in [0.3, 0.4) is 0 Å². The molecular weight excluding hydrogens is 290 g/mol. The molecule has 23 heavy (non-hydrogen) atoms. The van der Waals surface area contributed by atoms with Gasteiger partial charge in [-0.25, -0.2) is 0 Å². The Hall–Kier alpha value is -2.40. The maximum Gasteiger partial charge on any atom is 0.292 e. The number of hydrogen-bond donors (Lipinski definition) is 0. The highest BCUT2D eigenvalue weighted by molar-refractivity contribution is 5.63. The fourth-order valence-electron chi connectivity index (χ4n) is 3.03. The van der Waals surface area contributed by atoms with Crippen LogP contribution in [0.2, 0.25) is 0 Å². The minimum absolute atomic E-state index is 0.199. The van der Waals surface area contributed by atoms with Gasteiger partial charge in [-0.2, -0.15) is 0 Å². The Morgan fingerprint density at radius 2 is 1.57 bits per heavy atom. The second-order valence-electron chi connectivity index (χ2n) is 5.81. The van der Waals surface area contributed by atoms with Gasteiger partial charge in [0.05, 0.1) is 4.92 Å². The zero-order valence-corrected chi connectivity index (χ0v) is 13.1. The predicted molar refractivity (Wildman–Crippen MR) is 91.9 cm³/mol. The SMILES string of the molecule is O=[N+]([O-])c1ccccc1N1CCN(CCc2ccccc2)CC1. The molecule has 0 aliphatic carbocycles. The first kappa shape index (κ1) is 15.5. The molecule has 5 nitrogen and oxygen atoms in total. The zero-order valence-electron chi connectivity index (χ0n) is 13.1. The molecule has 0 atom stereocenters. The fourth-order valence-corrected chi connectivity index (χ4v) is 3.03. The second-order valence-corrected chi connectivity index (χ2v) is 5.81. The van der Waals surface area contributed by atoms with Crippen molar-refractivity contribution in [2.45, 2.75) is 6.42 Å². The zero-order chi connectivity index (χ0) is 16.1. The lowest BCUT2D eigenvalue weighted by atomic mass is 10.1. The van der Waals surface area contributed by atoms with Crippen molar-refractivity contribution in [3.8, 4) is 0 Å². The highest BCUT2D eigenvalue weighted by Gasteiger charge is 2.22. The van der Waals surface area contributed by atoms with E-state index in [1.54, 1.807) is 12.1 Å². The molecule has 1 aliphatic rings. The van der Waals surface area contributed by atoms with Crippen molar-refractivity contribution in [2.75, 3.05) is 37.6 Å². The van der Waals surface area contributed by atoms with Crippen molar-refractivity contribution in [3.05, 3.63) is 70.3 Å². The summed E-state index contributed by atoms with van der Waals surface area (Å²) in [6.45, 7) is 4.59. The van der Waals surface area contributed by atoms with Crippen molar-refractivity contribution in [1.29, 1.82) is 0 Å². The molecule has 0 saturated carbocycles. The summed E-state index contributed by atoms with van der Waals surface area (Å²) in [5.41, 5.74) is 2.29. The van der Waals surface area contributed by atoms with Crippen molar-refractivity contribution in [1.82, 2.24) is 4.90 Å². The predicted octanol–water partition coefficient (Wildman–Crippen LogP) is 2.96. The van der Waals surface area contributed by atoms with Crippen LogP contribution in [0.5, 0.6) is 0 Å². The van der Waals surface area contributed by atoms with Crippen LogP contribution < -0.4 is 4.90 Å². The Morgan fingerprint density at radius 3 is 2.26 bits per heavy atom. The molecule has 1 fully saturated rings. The molecule has 1 aliphatic heterocycles. The van der Waals surface area contributed by atoms with Crippen molar-refractivity contribution >= 4 is 11.4 Å². The van der Waals surface area contributed by atoms with Gasteiger partial charge in [0.2, 0.25) is 0 Å². The van der Waals surface area contributed by atoms with Gasteiger partial charge in [-0.3, -0.25) is 15.0 Å². The Morgan fingerprint density at radius 1 is 0.913 bits per heavy atom. The summed E-state index contributed by atoms with van der Waals surface area (Å²) < 4.78 is 0. The van der Waals surface area contributed by atoms with Crippen molar-refractivity contribution < 1.29 is 4.92 Å². The molecule has 0 bridgehead atoms. The normalized spacial score (nSPS) is 15.6. The molecule has 0 N–H and O–H groups in total. The highest BCUT2D eigenvalue weighted by atomic mass is 16.6. The quantitative estimate of drug-likeness (QED) is 0.629. The van der Waals surface area contributed by atoms with Crippen LogP contribution >= 0.6 is 0 Å². The molecule has 0 unspecified atom stereocenters. The van der Waals surface area contributed by atoms with Crippen LogP contribution in [-0.2, 0) is 6.42 Å². The van der Waals surface area contributed by atoms with Crippen molar-refractivity contribution in [2.24, 2.45) is 0 Å². The number of anilines is 1. The van der Waals surface area contributed by atoms with E-state index in [0.717, 1.165) is 44.8 Å². The molecule has 2 aromatic rings. The second kappa shape index (κ2) is 7.24. The number of rotatable bonds is 5. The van der Waals surface area contributed by atoms with E-state index in [0.29, 0.717) is 0 Å². The molecule has 0 spiro atoms. The van der Waals surface area contributed by atoms with Gasteiger partial charge in [0, 0.05) is 38.8 Å². The Balaban J connectivity index is 1.55. The summed E-state index contributed by atoms with van der Waals surface area (Å²) in [6.07, 6.45) is 1.05. The van der Waals surface area contributed by atoms with Crippen molar-refractivity contribution in [3.63, 3.8) is 0 Å². The van der Waals surface area contributed by atoms with E-state index in [4.69, 9.17) is 0 Å². The number of piperazine rings is 1. The van der Waals surface area contributed by atoms with E-state index in [1.165, 1.54) is 5.56 Å². The molecule has 3 rings (SSSR count). The van der Waals surface area contributed by atoms with Gasteiger partial charge >= 0.3 is 0 Å². The first-order valence-corrected chi connectivity index (χ1v) is 7.99. The monoisotopic (exact) mass is 311 g/mol. The average molecular weight is 311 g/mol. The molecule has 0 aromatic heterocycles. The van der Waals surface area contributed by atoms with E-state index in [9.17, 15) is 10.1 Å². The largest absolute Gasteiger partial charge is 0.363 e. The van der Waals surface area contributed by atoms with Crippen LogP contribution in [0.1, 0.15) is 5.56 Å². The van der Waals surface area contributed by atoms with Gasteiger partial charge in [0.1, 0.15) is 5.69 Å². The molecule has 0 radical (unpaired) electrons. The number of hydrogen-bond acceptors (Lipinski definition) is 4. The first-order valence-electron chi connectivity index (χ1n) is 7.99. The lowest BCUT2D eigenvalue weighted by Gasteiger charge is -2.35. The Kier molecular flexibility index (Phi) is 4.88. The molecule has 5 heteroatoms. The summed E-state index contributed by atoms with van der Waals surface area (Å²) in [4.78, 5) is 15.4. The molecule has 1 heterocycles. The van der Waals surface area contributed by atoms with Crippen LogP contribution in [0.15, 0.2) is 54.6 Å². The lowest BCUT2D eigenvalue weighted by molar-refractivity contribution is -0.384. The van der Waals surface area contributed by atoms with Crippen LogP contribution in [0.4, 0.5) is 11.4 Å². The van der Waals surface area contributed by atoms with Gasteiger partial charge in [0.25, 0.3) is 5.69 Å². The third kappa shape index (κ3) is 3.87. The Labute approximate surface area is 136 Å². The van der Waals surface area contributed by atoms with E-state index in [-0.39, 0.29) is 10.6 Å². The van der Waals surface area contributed by atoms with E-state index < -0.39 is 0 Å². The average Bonchev–Trinajstić information content (AvgIpc) is 2.61. The van der Waals surface area contributed by atoms with Gasteiger partial charge in [-0.05, 0) is 18.1 Å². The van der Waals surface area contributed by atoms with Gasteiger partial charge < -0.3 is 4.90 Å². The first-order chi connectivity index (χ1) is 11.2. The minimum Gasteiger partial charge on any atom is -0.363 e. The van der Waals surface area contributed by atoms with E-state index in [2.05, 4.69) is 34.1 Å². The molecule has 1 saturated heterocycles. The van der Waals surface area contributed by atoms with Crippen LogP contribution in [-0.4, -0.2) is 42.5 Å². The van der Waals surface area contributed by atoms with E-state index >= 15 is 0 Å². The molecule has 0 amide bonds. The van der Waals surface area contributed by atoms with Crippen LogP contribution in [0.25, 0.3) is 0 Å². The standard InChI is InChI=1S/C18H21N3O2/c22-21(23)18-9-5-4-8-17(18)20-14-12-19(13-15-20)11-10-16-6-2-1-3-7-16/h1-9H,10-15H2. The number of nitrogens with zero attached hydrogens (tertiary/aromatic N) is 3. The number of nitro benzene ring substituents is 1. The third-order valence-corrected chi connectivity index (χ3v) is 4.35. The summed E-state index contributed by atoms with van der Waals surface area (Å²) >= 11 is 0. The Bertz CT molecular complexity index is 652. The number of benzene rings is 2. The number of para-hydroxylation sites is 2.